The summed E-state index contributed by atoms with van der Waals surface area (Å²) in [5, 5.41) is 13.5. The van der Waals surface area contributed by atoms with Gasteiger partial charge >= 0.3 is 6.03 Å². The van der Waals surface area contributed by atoms with E-state index in [1.807, 2.05) is 41.3 Å². The second kappa shape index (κ2) is 9.56. The van der Waals surface area contributed by atoms with Crippen LogP contribution in [0, 0.1) is 0 Å². The Morgan fingerprint density at radius 1 is 1.19 bits per heavy atom. The number of carbonyl (C=O) groups is 1. The monoisotopic (exact) mass is 488 g/mol. The molecule has 2 amide bonds. The van der Waals surface area contributed by atoms with Gasteiger partial charge in [-0.05, 0) is 48.4 Å². The summed E-state index contributed by atoms with van der Waals surface area (Å²) in [6.45, 7) is 2.20. The molecule has 4 atom stereocenters. The zero-order chi connectivity index (χ0) is 22.0. The Bertz CT molecular complexity index is 893. The third-order valence-corrected chi connectivity index (χ3v) is 6.90. The summed E-state index contributed by atoms with van der Waals surface area (Å²) < 4.78 is 6.21. The summed E-state index contributed by atoms with van der Waals surface area (Å²) in [7, 11) is 1.61. The number of hydrogen-bond acceptors (Lipinski definition) is 5. The second-order valence-electron chi connectivity index (χ2n) is 8.19. The minimum absolute atomic E-state index is 0.117. The average molecular weight is 489 g/mol. The molecule has 8 heteroatoms. The number of hydrogen-bond donors (Lipinski definition) is 3. The van der Waals surface area contributed by atoms with Crippen LogP contribution in [0.3, 0.4) is 0 Å². The van der Waals surface area contributed by atoms with Crippen LogP contribution in [0.4, 0.5) is 10.5 Å². The first-order chi connectivity index (χ1) is 15.0. The molecule has 166 valence electrons. The fourth-order valence-electron chi connectivity index (χ4n) is 4.73. The molecule has 0 spiro atoms. The second-order valence-corrected chi connectivity index (χ2v) is 9.11. The summed E-state index contributed by atoms with van der Waals surface area (Å²) in [6, 6.07) is 15.7. The molecule has 0 aromatic heterocycles. The van der Waals surface area contributed by atoms with Gasteiger partial charge in [0, 0.05) is 54.3 Å². The average Bonchev–Trinajstić information content (AvgIpc) is 2.76. The third-order valence-electron chi connectivity index (χ3n) is 6.37. The predicted octanol–water partition coefficient (Wildman–Crippen LogP) is 2.85. The number of rotatable bonds is 4. The van der Waals surface area contributed by atoms with E-state index < -0.39 is 6.10 Å². The molecule has 4 rings (SSSR count). The molecular weight excluding hydrogens is 460 g/mol. The molecule has 2 aliphatic heterocycles. The lowest BCUT2D eigenvalue weighted by Gasteiger charge is -2.58. The molecule has 7 nitrogen and oxygen atoms in total. The van der Waals surface area contributed by atoms with Crippen LogP contribution >= 0.6 is 15.9 Å². The minimum Gasteiger partial charge on any atom is -0.497 e. The van der Waals surface area contributed by atoms with Crippen LogP contribution in [0.1, 0.15) is 17.9 Å². The first-order valence-corrected chi connectivity index (χ1v) is 11.4. The summed E-state index contributed by atoms with van der Waals surface area (Å²) in [6.07, 6.45) is 0.0541. The molecule has 0 aliphatic carbocycles. The molecule has 2 saturated heterocycles. The number of nitrogens with one attached hydrogen (secondary N) is 1. The van der Waals surface area contributed by atoms with Gasteiger partial charge in [0.1, 0.15) is 5.75 Å². The number of ether oxygens (including phenoxy) is 1. The van der Waals surface area contributed by atoms with Crippen molar-refractivity contribution < 1.29 is 14.6 Å². The van der Waals surface area contributed by atoms with Crippen LogP contribution < -0.4 is 15.8 Å². The van der Waals surface area contributed by atoms with Crippen molar-refractivity contribution in [2.24, 2.45) is 5.73 Å². The number of aliphatic hydroxyl groups excluding tert-OH is 1. The van der Waals surface area contributed by atoms with Crippen LogP contribution in [-0.2, 0) is 0 Å². The number of aliphatic hydroxyl groups is 1. The molecule has 2 aromatic rings. The fraction of sp³-hybridized carbons (Fsp3) is 0.435. The first kappa shape index (κ1) is 22.1. The van der Waals surface area contributed by atoms with Gasteiger partial charge in [-0.15, -0.1) is 0 Å². The fourth-order valence-corrected chi connectivity index (χ4v) is 5.00. The van der Waals surface area contributed by atoms with Gasteiger partial charge in [-0.2, -0.15) is 0 Å². The number of halogens is 1. The van der Waals surface area contributed by atoms with Crippen molar-refractivity contribution >= 4 is 27.6 Å². The SMILES string of the molecule is COc1ccc(NC(=O)N2CC[C@H](O)CN3[C@H](CN)[C@H](c4ccc(Br)cc4)[C@@H]3C2)cc1. The van der Waals surface area contributed by atoms with E-state index in [2.05, 4.69) is 38.3 Å². The first-order valence-electron chi connectivity index (χ1n) is 10.6. The Balaban J connectivity index is 1.52. The standard InChI is InChI=1S/C23H29BrN4O3/c1-31-19-8-6-17(7-9-19)26-23(30)27-11-10-18(29)13-28-20(12-25)22(21(28)14-27)15-2-4-16(24)5-3-15/h2-9,18,20-22,29H,10-14,25H2,1H3,(H,26,30)/t18-,20+,21-,22-/m0/s1. The van der Waals surface area contributed by atoms with Gasteiger partial charge in [-0.1, -0.05) is 28.1 Å². The molecule has 2 heterocycles. The van der Waals surface area contributed by atoms with Gasteiger partial charge in [-0.25, -0.2) is 4.79 Å². The van der Waals surface area contributed by atoms with Crippen LogP contribution in [0.25, 0.3) is 0 Å². The highest BCUT2D eigenvalue weighted by atomic mass is 79.9. The van der Waals surface area contributed by atoms with Crippen molar-refractivity contribution in [2.45, 2.75) is 30.5 Å². The number of carbonyl (C=O) groups excluding carboxylic acids is 1. The van der Waals surface area contributed by atoms with Crippen LogP contribution in [0.2, 0.25) is 0 Å². The number of nitrogens with two attached hydrogens (primary N) is 1. The molecular formula is C23H29BrN4O3. The van der Waals surface area contributed by atoms with Crippen LogP contribution in [0.5, 0.6) is 5.75 Å². The van der Waals surface area contributed by atoms with Crippen molar-refractivity contribution in [1.82, 2.24) is 9.80 Å². The van der Waals surface area contributed by atoms with Gasteiger partial charge < -0.3 is 25.8 Å². The Morgan fingerprint density at radius 2 is 1.90 bits per heavy atom. The highest BCUT2D eigenvalue weighted by Crippen LogP contribution is 2.42. The van der Waals surface area contributed by atoms with Gasteiger partial charge in [0.05, 0.1) is 13.2 Å². The zero-order valence-electron chi connectivity index (χ0n) is 17.6. The van der Waals surface area contributed by atoms with E-state index in [-0.39, 0.29) is 24.0 Å². The van der Waals surface area contributed by atoms with Gasteiger partial charge in [0.15, 0.2) is 0 Å². The molecule has 0 radical (unpaired) electrons. The van der Waals surface area contributed by atoms with Crippen molar-refractivity contribution in [3.8, 4) is 5.75 Å². The van der Waals surface area contributed by atoms with Crippen LogP contribution in [-0.4, -0.2) is 72.4 Å². The number of benzene rings is 2. The highest BCUT2D eigenvalue weighted by Gasteiger charge is 2.50. The number of nitrogens with zero attached hydrogens (tertiary/aromatic N) is 2. The summed E-state index contributed by atoms with van der Waals surface area (Å²) in [5.41, 5.74) is 8.04. The summed E-state index contributed by atoms with van der Waals surface area (Å²) in [4.78, 5) is 17.1. The number of methoxy groups -OCH3 is 1. The van der Waals surface area contributed by atoms with E-state index in [0.29, 0.717) is 38.3 Å². The quantitative estimate of drug-likeness (QED) is 0.615. The predicted molar refractivity (Wildman–Crippen MR) is 124 cm³/mol. The lowest BCUT2D eigenvalue weighted by molar-refractivity contribution is -0.0630. The maximum absolute atomic E-state index is 13.1. The minimum atomic E-state index is -0.487. The van der Waals surface area contributed by atoms with Gasteiger partial charge in [-0.3, -0.25) is 4.90 Å². The Morgan fingerprint density at radius 3 is 2.55 bits per heavy atom. The highest BCUT2D eigenvalue weighted by molar-refractivity contribution is 9.10. The van der Waals surface area contributed by atoms with E-state index in [0.717, 1.165) is 10.2 Å². The number of fused-ring (bicyclic) bond motifs is 1. The van der Waals surface area contributed by atoms with E-state index >= 15 is 0 Å². The van der Waals surface area contributed by atoms with Crippen molar-refractivity contribution in [2.75, 3.05) is 38.6 Å². The Labute approximate surface area is 191 Å². The number of anilines is 1. The molecule has 31 heavy (non-hydrogen) atoms. The van der Waals surface area contributed by atoms with Crippen molar-refractivity contribution in [1.29, 1.82) is 0 Å². The van der Waals surface area contributed by atoms with Crippen molar-refractivity contribution in [3.63, 3.8) is 0 Å². The zero-order valence-corrected chi connectivity index (χ0v) is 19.2. The Kier molecular flexibility index (Phi) is 6.81. The van der Waals surface area contributed by atoms with Crippen LogP contribution in [0.15, 0.2) is 53.0 Å². The molecule has 2 fully saturated rings. The van der Waals surface area contributed by atoms with E-state index in [1.165, 1.54) is 5.56 Å². The molecule has 0 saturated carbocycles. The van der Waals surface area contributed by atoms with Gasteiger partial charge in [0.25, 0.3) is 0 Å². The smallest absolute Gasteiger partial charge is 0.321 e. The molecule has 0 unspecified atom stereocenters. The lowest BCUT2D eigenvalue weighted by atomic mass is 9.74. The maximum Gasteiger partial charge on any atom is 0.321 e. The third kappa shape index (κ3) is 4.72. The lowest BCUT2D eigenvalue weighted by Crippen LogP contribution is -2.70. The maximum atomic E-state index is 13.1. The summed E-state index contributed by atoms with van der Waals surface area (Å²) in [5.74, 6) is 0.961. The largest absolute Gasteiger partial charge is 0.497 e. The normalized spacial score (nSPS) is 26.3. The summed E-state index contributed by atoms with van der Waals surface area (Å²) >= 11 is 3.50. The van der Waals surface area contributed by atoms with Gasteiger partial charge in [0.2, 0.25) is 0 Å². The molecule has 2 aliphatic rings. The molecule has 2 aromatic carbocycles. The number of urea groups is 1. The van der Waals surface area contributed by atoms with E-state index in [9.17, 15) is 9.90 Å². The topological polar surface area (TPSA) is 91.1 Å². The molecule has 4 N–H and O–H groups in total. The number of amides is 2. The van der Waals surface area contributed by atoms with Crippen molar-refractivity contribution in [3.05, 3.63) is 58.6 Å². The Hall–Kier alpha value is -2.13. The van der Waals surface area contributed by atoms with E-state index in [1.54, 1.807) is 7.11 Å². The molecule has 0 bridgehead atoms. The van der Waals surface area contributed by atoms with E-state index in [4.69, 9.17) is 10.5 Å².